The second-order valence-electron chi connectivity index (χ2n) is 5.46. The quantitative estimate of drug-likeness (QED) is 0.849. The van der Waals surface area contributed by atoms with Gasteiger partial charge in [-0.3, -0.25) is 4.79 Å². The van der Waals surface area contributed by atoms with Crippen molar-refractivity contribution in [2.45, 2.75) is 45.0 Å². The molecule has 1 aromatic rings. The van der Waals surface area contributed by atoms with Crippen LogP contribution >= 0.6 is 0 Å². The molecule has 0 radical (unpaired) electrons. The summed E-state index contributed by atoms with van der Waals surface area (Å²) in [6.45, 7) is 4.57. The lowest BCUT2D eigenvalue weighted by Gasteiger charge is -2.28. The molecule has 2 heterocycles. The first-order valence-corrected chi connectivity index (χ1v) is 6.97. The molecule has 4 heteroatoms. The predicted molar refractivity (Wildman–Crippen MR) is 72.9 cm³/mol. The van der Waals surface area contributed by atoms with Gasteiger partial charge >= 0.3 is 0 Å². The first kappa shape index (κ1) is 12.6. The summed E-state index contributed by atoms with van der Waals surface area (Å²) in [4.78, 5) is 12.2. The Labute approximate surface area is 113 Å². The summed E-state index contributed by atoms with van der Waals surface area (Å²) in [6.07, 6.45) is 2.05. The second kappa shape index (κ2) is 5.31. The molecule has 1 amide bonds. The number of benzene rings is 1. The van der Waals surface area contributed by atoms with Crippen LogP contribution in [0.5, 0.6) is 0 Å². The van der Waals surface area contributed by atoms with Gasteiger partial charge in [0.1, 0.15) is 0 Å². The number of fused-ring (bicyclic) bond motifs is 1. The third-order valence-corrected chi connectivity index (χ3v) is 3.92. The van der Waals surface area contributed by atoms with E-state index in [1.807, 2.05) is 12.1 Å². The molecule has 3 rings (SSSR count). The molecule has 0 aromatic heterocycles. The third kappa shape index (κ3) is 2.80. The van der Waals surface area contributed by atoms with Gasteiger partial charge in [-0.1, -0.05) is 6.07 Å². The molecule has 2 aliphatic heterocycles. The van der Waals surface area contributed by atoms with Crippen LogP contribution in [0.1, 0.15) is 41.3 Å². The normalized spacial score (nSPS) is 25.9. The topological polar surface area (TPSA) is 50.4 Å². The summed E-state index contributed by atoms with van der Waals surface area (Å²) >= 11 is 0. The Morgan fingerprint density at radius 1 is 1.37 bits per heavy atom. The van der Waals surface area contributed by atoms with E-state index in [0.29, 0.717) is 0 Å². The predicted octanol–water partition coefficient (Wildman–Crippen LogP) is 1.59. The van der Waals surface area contributed by atoms with Gasteiger partial charge in [0.2, 0.25) is 0 Å². The zero-order chi connectivity index (χ0) is 13.2. The Hall–Kier alpha value is -1.39. The van der Waals surface area contributed by atoms with E-state index in [2.05, 4.69) is 23.6 Å². The van der Waals surface area contributed by atoms with E-state index in [0.717, 1.165) is 38.1 Å². The Balaban J connectivity index is 1.67. The van der Waals surface area contributed by atoms with Gasteiger partial charge in [0.25, 0.3) is 5.91 Å². The van der Waals surface area contributed by atoms with Gasteiger partial charge in [0.05, 0.1) is 6.10 Å². The lowest BCUT2D eigenvalue weighted by molar-refractivity contribution is 0.0136. The van der Waals surface area contributed by atoms with E-state index in [1.54, 1.807) is 0 Å². The van der Waals surface area contributed by atoms with Crippen molar-refractivity contribution in [3.8, 4) is 0 Å². The number of ether oxygens (including phenoxy) is 1. The highest BCUT2D eigenvalue weighted by Gasteiger charge is 2.22. The first-order valence-electron chi connectivity index (χ1n) is 6.97. The molecular weight excluding hydrogens is 240 g/mol. The highest BCUT2D eigenvalue weighted by molar-refractivity contribution is 5.94. The fourth-order valence-corrected chi connectivity index (χ4v) is 2.83. The van der Waals surface area contributed by atoms with Gasteiger partial charge in [-0.25, -0.2) is 0 Å². The smallest absolute Gasteiger partial charge is 0.251 e. The minimum absolute atomic E-state index is 0.0359. The summed E-state index contributed by atoms with van der Waals surface area (Å²) in [5.41, 5.74) is 3.31. The summed E-state index contributed by atoms with van der Waals surface area (Å²) in [6, 6.07) is 6.22. The van der Waals surface area contributed by atoms with Crippen LogP contribution in [-0.2, 0) is 17.8 Å². The van der Waals surface area contributed by atoms with Crippen LogP contribution in [0.25, 0.3) is 0 Å². The third-order valence-electron chi connectivity index (χ3n) is 3.92. The number of carbonyl (C=O) groups excluding carboxylic acids is 1. The molecule has 0 aliphatic carbocycles. The zero-order valence-corrected chi connectivity index (χ0v) is 11.2. The fraction of sp³-hybridized carbons (Fsp3) is 0.533. The van der Waals surface area contributed by atoms with Gasteiger partial charge in [-0.15, -0.1) is 0 Å². The molecule has 2 unspecified atom stereocenters. The number of amides is 1. The number of nitrogens with one attached hydrogen (secondary N) is 2. The molecule has 2 N–H and O–H groups in total. The Morgan fingerprint density at radius 2 is 2.21 bits per heavy atom. The van der Waals surface area contributed by atoms with Crippen molar-refractivity contribution in [3.63, 3.8) is 0 Å². The van der Waals surface area contributed by atoms with Crippen molar-refractivity contribution in [1.29, 1.82) is 0 Å². The van der Waals surface area contributed by atoms with Crippen molar-refractivity contribution in [2.75, 3.05) is 6.61 Å². The molecule has 19 heavy (non-hydrogen) atoms. The zero-order valence-electron chi connectivity index (χ0n) is 11.2. The van der Waals surface area contributed by atoms with Crippen molar-refractivity contribution in [3.05, 3.63) is 34.9 Å². The molecular formula is C15H20N2O2. The van der Waals surface area contributed by atoms with Crippen molar-refractivity contribution >= 4 is 5.91 Å². The standard InChI is InChI=1S/C15H20N2O2/c1-10-6-14(4-5-19-10)17-15(18)11-2-3-12-8-16-9-13(12)7-11/h2-3,7,10,14,16H,4-6,8-9H2,1H3,(H,17,18). The maximum Gasteiger partial charge on any atom is 0.251 e. The lowest BCUT2D eigenvalue weighted by Crippen LogP contribution is -2.41. The average molecular weight is 260 g/mol. The number of rotatable bonds is 2. The highest BCUT2D eigenvalue weighted by atomic mass is 16.5. The maximum atomic E-state index is 12.2. The summed E-state index contributed by atoms with van der Waals surface area (Å²) in [7, 11) is 0. The minimum atomic E-state index is 0.0359. The summed E-state index contributed by atoms with van der Waals surface area (Å²) < 4.78 is 5.50. The Bertz CT molecular complexity index is 487. The van der Waals surface area contributed by atoms with E-state index in [9.17, 15) is 4.79 Å². The van der Waals surface area contributed by atoms with Crippen LogP contribution in [0.15, 0.2) is 18.2 Å². The Morgan fingerprint density at radius 3 is 3.05 bits per heavy atom. The van der Waals surface area contributed by atoms with E-state index >= 15 is 0 Å². The minimum Gasteiger partial charge on any atom is -0.378 e. The van der Waals surface area contributed by atoms with Crippen molar-refractivity contribution in [2.24, 2.45) is 0 Å². The largest absolute Gasteiger partial charge is 0.378 e. The molecule has 0 spiro atoms. The van der Waals surface area contributed by atoms with Crippen molar-refractivity contribution in [1.82, 2.24) is 10.6 Å². The summed E-state index contributed by atoms with van der Waals surface area (Å²) in [5.74, 6) is 0.0359. The summed E-state index contributed by atoms with van der Waals surface area (Å²) in [5, 5.41) is 6.41. The first-order chi connectivity index (χ1) is 9.22. The van der Waals surface area contributed by atoms with Crippen LogP contribution in [-0.4, -0.2) is 24.7 Å². The van der Waals surface area contributed by atoms with Gasteiger partial charge in [0.15, 0.2) is 0 Å². The molecule has 0 bridgehead atoms. The molecule has 2 aliphatic rings. The SMILES string of the molecule is CC1CC(NC(=O)c2ccc3c(c2)CNC3)CCO1. The van der Waals surface area contributed by atoms with Crippen LogP contribution in [0, 0.1) is 0 Å². The fourth-order valence-electron chi connectivity index (χ4n) is 2.83. The highest BCUT2D eigenvalue weighted by Crippen LogP contribution is 2.18. The van der Waals surface area contributed by atoms with Gasteiger partial charge in [0, 0.05) is 31.3 Å². The molecule has 102 valence electrons. The molecule has 1 aromatic carbocycles. The molecule has 1 saturated heterocycles. The van der Waals surface area contributed by atoms with Gasteiger partial charge < -0.3 is 15.4 Å². The molecule has 2 atom stereocenters. The van der Waals surface area contributed by atoms with Gasteiger partial charge in [-0.05, 0) is 43.0 Å². The second-order valence-corrected chi connectivity index (χ2v) is 5.46. The van der Waals surface area contributed by atoms with Crippen LogP contribution < -0.4 is 10.6 Å². The monoisotopic (exact) mass is 260 g/mol. The van der Waals surface area contributed by atoms with E-state index in [1.165, 1.54) is 11.1 Å². The van der Waals surface area contributed by atoms with Crippen LogP contribution in [0.2, 0.25) is 0 Å². The molecule has 0 saturated carbocycles. The van der Waals surface area contributed by atoms with E-state index in [4.69, 9.17) is 4.74 Å². The number of hydrogen-bond donors (Lipinski definition) is 2. The number of hydrogen-bond acceptors (Lipinski definition) is 3. The van der Waals surface area contributed by atoms with E-state index < -0.39 is 0 Å². The van der Waals surface area contributed by atoms with Crippen LogP contribution in [0.3, 0.4) is 0 Å². The van der Waals surface area contributed by atoms with E-state index in [-0.39, 0.29) is 18.1 Å². The van der Waals surface area contributed by atoms with Crippen molar-refractivity contribution < 1.29 is 9.53 Å². The average Bonchev–Trinajstić information content (AvgIpc) is 2.85. The van der Waals surface area contributed by atoms with Gasteiger partial charge in [-0.2, -0.15) is 0 Å². The number of carbonyl (C=O) groups is 1. The lowest BCUT2D eigenvalue weighted by atomic mass is 10.0. The Kier molecular flexibility index (Phi) is 3.53. The molecule has 1 fully saturated rings. The maximum absolute atomic E-state index is 12.2. The van der Waals surface area contributed by atoms with Crippen LogP contribution in [0.4, 0.5) is 0 Å². The molecule has 4 nitrogen and oxygen atoms in total.